The highest BCUT2D eigenvalue weighted by atomic mass is 31.2. The maximum atomic E-state index is 9.70. The van der Waals surface area contributed by atoms with Crippen molar-refractivity contribution in [3.05, 3.63) is 25.0 Å². The van der Waals surface area contributed by atoms with Gasteiger partial charge in [-0.15, -0.1) is 6.58 Å². The van der Waals surface area contributed by atoms with Gasteiger partial charge < -0.3 is 20.2 Å². The zero-order valence-electron chi connectivity index (χ0n) is 8.72. The molecule has 0 rings (SSSR count). The fourth-order valence-corrected chi connectivity index (χ4v) is 0.823. The number of rotatable bonds is 6. The minimum absolute atomic E-state index is 0.0459. The second-order valence-electron chi connectivity index (χ2n) is 2.39. The zero-order valence-corrected chi connectivity index (χ0v) is 9.61. The van der Waals surface area contributed by atoms with Gasteiger partial charge in [-0.05, 0) is 6.92 Å². The Morgan fingerprint density at radius 1 is 1.60 bits per heavy atom. The third-order valence-corrected chi connectivity index (χ3v) is 1.51. The molecule has 0 saturated heterocycles. The van der Waals surface area contributed by atoms with Gasteiger partial charge in [0.1, 0.15) is 0 Å². The van der Waals surface area contributed by atoms with Crippen LogP contribution in [0.1, 0.15) is 6.92 Å². The van der Waals surface area contributed by atoms with Crippen LogP contribution in [-0.2, 0) is 9.09 Å². The first-order valence-corrected chi connectivity index (χ1v) is 5.75. The second kappa shape index (κ2) is 9.89. The lowest BCUT2D eigenvalue weighted by molar-refractivity contribution is 0.206. The van der Waals surface area contributed by atoms with E-state index in [9.17, 15) is 4.57 Å². The van der Waals surface area contributed by atoms with Crippen molar-refractivity contribution in [2.75, 3.05) is 19.7 Å². The minimum atomic E-state index is -4.17. The van der Waals surface area contributed by atoms with Crippen LogP contribution in [0, 0.1) is 0 Å². The summed E-state index contributed by atoms with van der Waals surface area (Å²) in [4.78, 5) is 15.8. The summed E-state index contributed by atoms with van der Waals surface area (Å²) in [6.45, 7) is 9.49. The molecule has 0 aliphatic rings. The van der Waals surface area contributed by atoms with E-state index >= 15 is 0 Å². The number of hydrogen-bond acceptors (Lipinski definition) is 4. The molecule has 0 aromatic carbocycles. The molecule has 7 heteroatoms. The summed E-state index contributed by atoms with van der Waals surface area (Å²) < 4.78 is 13.6. The van der Waals surface area contributed by atoms with E-state index < -0.39 is 7.82 Å². The predicted molar refractivity (Wildman–Crippen MR) is 58.5 cm³/mol. The average Bonchev–Trinajstić information content (AvgIpc) is 2.02. The molecule has 0 heterocycles. The molecule has 15 heavy (non-hydrogen) atoms. The Kier molecular flexibility index (Phi) is 11.1. The Balaban J connectivity index is 0. The Hall–Kier alpha value is -0.650. The van der Waals surface area contributed by atoms with E-state index in [1.54, 1.807) is 6.08 Å². The Labute approximate surface area is 89.5 Å². The van der Waals surface area contributed by atoms with Crippen molar-refractivity contribution in [1.29, 1.82) is 0 Å². The third kappa shape index (κ3) is 24.7. The zero-order chi connectivity index (χ0) is 12.3. The highest BCUT2D eigenvalue weighted by Gasteiger charge is 2.10. The van der Waals surface area contributed by atoms with Crippen molar-refractivity contribution in [3.63, 3.8) is 0 Å². The number of aliphatic hydroxyl groups excluding tert-OH is 1. The number of phosphoric ester groups is 1. The molecule has 0 aliphatic carbocycles. The van der Waals surface area contributed by atoms with Crippen molar-refractivity contribution in [1.82, 2.24) is 5.32 Å². The number of phosphoric acid groups is 1. The molecule has 0 aromatic heterocycles. The summed E-state index contributed by atoms with van der Waals surface area (Å²) in [6, 6.07) is 0. The largest absolute Gasteiger partial charge is 0.512 e. The van der Waals surface area contributed by atoms with E-state index in [0.29, 0.717) is 13.1 Å². The van der Waals surface area contributed by atoms with Gasteiger partial charge in [-0.25, -0.2) is 4.57 Å². The molecular weight excluding hydrogens is 221 g/mol. The molecule has 0 aliphatic heterocycles. The van der Waals surface area contributed by atoms with Crippen molar-refractivity contribution in [2.45, 2.75) is 6.92 Å². The smallest absolute Gasteiger partial charge is 0.469 e. The summed E-state index contributed by atoms with van der Waals surface area (Å²) in [5.41, 5.74) is 0. The van der Waals surface area contributed by atoms with Crippen molar-refractivity contribution in [3.8, 4) is 0 Å². The first kappa shape index (κ1) is 16.8. The number of aliphatic hydroxyl groups is 1. The average molecular weight is 239 g/mol. The van der Waals surface area contributed by atoms with Crippen molar-refractivity contribution >= 4 is 7.82 Å². The molecule has 0 spiro atoms. The fourth-order valence-electron chi connectivity index (χ4n) is 0.487. The quantitative estimate of drug-likeness (QED) is 0.238. The molecule has 90 valence electrons. The molecule has 4 N–H and O–H groups in total. The number of hydrogen-bond donors (Lipinski definition) is 4. The van der Waals surface area contributed by atoms with E-state index in [1.807, 2.05) is 0 Å². The summed E-state index contributed by atoms with van der Waals surface area (Å²) in [5, 5.41) is 11.4. The van der Waals surface area contributed by atoms with Crippen LogP contribution in [0.25, 0.3) is 0 Å². The minimum Gasteiger partial charge on any atom is -0.512 e. The molecule has 0 unspecified atom stereocenters. The van der Waals surface area contributed by atoms with E-state index in [0.717, 1.165) is 0 Å². The topological polar surface area (TPSA) is 99.0 Å². The lowest BCUT2D eigenvalue weighted by Crippen LogP contribution is -2.15. The molecule has 0 aromatic rings. The Morgan fingerprint density at radius 2 is 2.13 bits per heavy atom. The van der Waals surface area contributed by atoms with Crippen molar-refractivity contribution < 1.29 is 24.0 Å². The monoisotopic (exact) mass is 239 g/mol. The second-order valence-corrected chi connectivity index (χ2v) is 3.63. The molecular formula is C8H18NO5P. The molecule has 0 fully saturated rings. The number of nitrogens with one attached hydrogen (secondary N) is 1. The lowest BCUT2D eigenvalue weighted by atomic mass is 10.5. The van der Waals surface area contributed by atoms with Gasteiger partial charge in [-0.3, -0.25) is 4.52 Å². The standard InChI is InChI=1S/C6H11NO.C2H7O4P/c1-3-4-7-5-6(2)8;1-2-6-7(3,4)5/h3,7-8H,1-2,4-5H2;2H2,1H3,(H2,3,4,5). The van der Waals surface area contributed by atoms with Gasteiger partial charge in [0.25, 0.3) is 0 Å². The SMILES string of the molecule is C=CCNCC(=C)O.CCOP(=O)(O)O. The predicted octanol–water partition coefficient (Wildman–Crippen LogP) is 0.949. The van der Waals surface area contributed by atoms with Gasteiger partial charge in [0.05, 0.1) is 18.9 Å². The van der Waals surface area contributed by atoms with Crippen LogP contribution >= 0.6 is 7.82 Å². The van der Waals surface area contributed by atoms with Crippen LogP contribution in [-0.4, -0.2) is 34.6 Å². The summed E-state index contributed by atoms with van der Waals surface area (Å²) in [6.07, 6.45) is 1.73. The van der Waals surface area contributed by atoms with Gasteiger partial charge in [0.2, 0.25) is 0 Å². The highest BCUT2D eigenvalue weighted by Crippen LogP contribution is 2.34. The van der Waals surface area contributed by atoms with Gasteiger partial charge in [0.15, 0.2) is 0 Å². The molecule has 6 nitrogen and oxygen atoms in total. The Bertz CT molecular complexity index is 225. The van der Waals surface area contributed by atoms with Gasteiger partial charge in [-0.2, -0.15) is 0 Å². The molecule has 0 amide bonds. The first-order valence-electron chi connectivity index (χ1n) is 4.22. The summed E-state index contributed by atoms with van der Waals surface area (Å²) in [5.74, 6) is 0.159. The van der Waals surface area contributed by atoms with E-state index in [4.69, 9.17) is 14.9 Å². The molecule has 0 bridgehead atoms. The third-order valence-electron chi connectivity index (χ3n) is 0.915. The first-order chi connectivity index (χ1) is 6.83. The highest BCUT2D eigenvalue weighted by molar-refractivity contribution is 7.46. The summed E-state index contributed by atoms with van der Waals surface area (Å²) in [7, 11) is -4.17. The van der Waals surface area contributed by atoms with Crippen LogP contribution in [0.4, 0.5) is 0 Å². The van der Waals surface area contributed by atoms with Crippen molar-refractivity contribution in [2.24, 2.45) is 0 Å². The van der Waals surface area contributed by atoms with Crippen LogP contribution in [0.2, 0.25) is 0 Å². The summed E-state index contributed by atoms with van der Waals surface area (Å²) >= 11 is 0. The van der Waals surface area contributed by atoms with E-state index in [-0.39, 0.29) is 12.4 Å². The lowest BCUT2D eigenvalue weighted by Gasteiger charge is -1.98. The fraction of sp³-hybridized carbons (Fsp3) is 0.500. The normalized spacial score (nSPS) is 10.1. The van der Waals surface area contributed by atoms with Gasteiger partial charge in [-0.1, -0.05) is 12.7 Å². The molecule has 0 radical (unpaired) electrons. The maximum Gasteiger partial charge on any atom is 0.469 e. The van der Waals surface area contributed by atoms with E-state index in [2.05, 4.69) is 23.0 Å². The van der Waals surface area contributed by atoms with Gasteiger partial charge in [0, 0.05) is 6.54 Å². The van der Waals surface area contributed by atoms with Crippen LogP contribution < -0.4 is 5.32 Å². The van der Waals surface area contributed by atoms with Crippen LogP contribution in [0.5, 0.6) is 0 Å². The molecule has 0 saturated carbocycles. The maximum absolute atomic E-state index is 9.70. The van der Waals surface area contributed by atoms with Gasteiger partial charge >= 0.3 is 7.82 Å². The van der Waals surface area contributed by atoms with Crippen LogP contribution in [0.15, 0.2) is 25.0 Å². The van der Waals surface area contributed by atoms with Crippen LogP contribution in [0.3, 0.4) is 0 Å². The molecule has 0 atom stereocenters. The van der Waals surface area contributed by atoms with E-state index in [1.165, 1.54) is 6.92 Å². The Morgan fingerprint density at radius 3 is 2.33 bits per heavy atom.